The Morgan fingerprint density at radius 3 is 2.38 bits per heavy atom. The van der Waals surface area contributed by atoms with Crippen LogP contribution in [0.15, 0.2) is 30.5 Å². The largest absolute Gasteiger partial charge is 0.340 e. The van der Waals surface area contributed by atoms with E-state index >= 15 is 0 Å². The Bertz CT molecular complexity index is 480. The number of benzene rings is 1. The molecule has 0 fully saturated rings. The number of aromatic nitrogens is 2. The molecule has 1 aromatic heterocycles. The van der Waals surface area contributed by atoms with Gasteiger partial charge in [0.2, 0.25) is 0 Å². The molecule has 0 atom stereocenters. The molecule has 3 nitrogen and oxygen atoms in total. The zero-order chi connectivity index (χ0) is 11.8. The lowest BCUT2D eigenvalue weighted by molar-refractivity contribution is 0.520. The topological polar surface area (TPSA) is 54.7 Å². The van der Waals surface area contributed by atoms with Crippen molar-refractivity contribution in [1.82, 2.24) is 9.97 Å². The molecule has 0 bridgehead atoms. The number of hydrogen-bond acceptors (Lipinski definition) is 2. The Kier molecular flexibility index (Phi) is 3.03. The van der Waals surface area contributed by atoms with Crippen molar-refractivity contribution in [2.45, 2.75) is 19.4 Å². The molecule has 0 amide bonds. The van der Waals surface area contributed by atoms with E-state index in [-0.39, 0.29) is 0 Å². The number of H-pyrrole nitrogens is 1. The highest BCUT2D eigenvalue weighted by Gasteiger charge is 2.18. The van der Waals surface area contributed by atoms with Crippen LogP contribution < -0.4 is 5.73 Å². The Balaban J connectivity index is 2.35. The summed E-state index contributed by atoms with van der Waals surface area (Å²) < 4.78 is 1.22. The number of imidazole rings is 1. The average Bonchev–Trinajstić information content (AvgIpc) is 2.67. The number of nitrogens with one attached hydrogen (secondary N) is 1. The molecule has 0 aliphatic carbocycles. The normalized spacial score (nSPS) is 11.8. The Morgan fingerprint density at radius 1 is 1.25 bits per heavy atom. The van der Waals surface area contributed by atoms with E-state index in [1.165, 1.54) is 3.57 Å². The van der Waals surface area contributed by atoms with E-state index in [0.717, 1.165) is 17.1 Å². The average molecular weight is 327 g/mol. The molecule has 0 aliphatic rings. The second kappa shape index (κ2) is 4.18. The summed E-state index contributed by atoms with van der Waals surface area (Å²) in [5, 5.41) is 0. The smallest absolute Gasteiger partial charge is 0.126 e. The molecular formula is C12H14IN3. The molecule has 0 saturated heterocycles. The highest BCUT2D eigenvalue weighted by atomic mass is 127. The highest BCUT2D eigenvalue weighted by molar-refractivity contribution is 14.1. The first-order valence-electron chi connectivity index (χ1n) is 5.07. The molecule has 1 heterocycles. The minimum absolute atomic E-state index is 0.429. The van der Waals surface area contributed by atoms with Crippen molar-refractivity contribution in [3.05, 3.63) is 39.9 Å². The summed E-state index contributed by atoms with van der Waals surface area (Å²) in [6, 6.07) is 8.29. The van der Waals surface area contributed by atoms with Crippen LogP contribution in [0.2, 0.25) is 0 Å². The zero-order valence-corrected chi connectivity index (χ0v) is 11.4. The summed E-state index contributed by atoms with van der Waals surface area (Å²) in [5.41, 5.74) is 7.68. The summed E-state index contributed by atoms with van der Waals surface area (Å²) >= 11 is 2.29. The maximum atomic E-state index is 5.98. The third kappa shape index (κ3) is 2.44. The molecule has 0 unspecified atom stereocenters. The van der Waals surface area contributed by atoms with Crippen molar-refractivity contribution in [3.63, 3.8) is 0 Å². The third-order valence-electron chi connectivity index (χ3n) is 2.34. The van der Waals surface area contributed by atoms with E-state index < -0.39 is 5.54 Å². The maximum Gasteiger partial charge on any atom is 0.126 e. The summed E-state index contributed by atoms with van der Waals surface area (Å²) in [5.74, 6) is 0.807. The molecule has 2 aromatic rings. The van der Waals surface area contributed by atoms with Gasteiger partial charge in [-0.3, -0.25) is 0 Å². The van der Waals surface area contributed by atoms with Gasteiger partial charge in [0.05, 0.1) is 17.4 Å². The second-order valence-electron chi connectivity index (χ2n) is 4.37. The van der Waals surface area contributed by atoms with Crippen LogP contribution in [0, 0.1) is 3.57 Å². The van der Waals surface area contributed by atoms with Gasteiger partial charge < -0.3 is 10.7 Å². The van der Waals surface area contributed by atoms with Crippen LogP contribution in [0.4, 0.5) is 0 Å². The first-order valence-corrected chi connectivity index (χ1v) is 6.15. The molecular weight excluding hydrogens is 313 g/mol. The van der Waals surface area contributed by atoms with Crippen LogP contribution in [-0.4, -0.2) is 9.97 Å². The van der Waals surface area contributed by atoms with Crippen molar-refractivity contribution in [1.29, 1.82) is 0 Å². The Labute approximate surface area is 109 Å². The number of hydrogen-bond donors (Lipinski definition) is 2. The molecule has 0 radical (unpaired) electrons. The van der Waals surface area contributed by atoms with Crippen LogP contribution in [-0.2, 0) is 5.54 Å². The van der Waals surface area contributed by atoms with E-state index in [4.69, 9.17) is 5.73 Å². The van der Waals surface area contributed by atoms with Crippen LogP contribution in [0.3, 0.4) is 0 Å². The molecule has 0 saturated carbocycles. The first kappa shape index (κ1) is 11.6. The number of nitrogens with two attached hydrogens (primary N) is 1. The van der Waals surface area contributed by atoms with Crippen LogP contribution in [0.25, 0.3) is 11.3 Å². The minimum atomic E-state index is -0.429. The van der Waals surface area contributed by atoms with Gasteiger partial charge in [0.15, 0.2) is 0 Å². The zero-order valence-electron chi connectivity index (χ0n) is 9.29. The van der Waals surface area contributed by atoms with E-state index in [1.54, 1.807) is 0 Å². The van der Waals surface area contributed by atoms with Crippen molar-refractivity contribution >= 4 is 22.6 Å². The maximum absolute atomic E-state index is 5.98. The molecule has 1 aromatic carbocycles. The molecule has 84 valence electrons. The summed E-state index contributed by atoms with van der Waals surface area (Å²) in [6.45, 7) is 3.87. The standard InChI is InChI=1S/C12H14IN3/c1-12(2,14)11-15-7-10(16-11)8-3-5-9(13)6-4-8/h3-7H,14H2,1-2H3,(H,15,16). The SMILES string of the molecule is CC(C)(N)c1ncc(-c2ccc(I)cc2)[nH]1. The van der Waals surface area contributed by atoms with Crippen LogP contribution >= 0.6 is 22.6 Å². The second-order valence-corrected chi connectivity index (χ2v) is 5.62. The fourth-order valence-electron chi connectivity index (χ4n) is 1.42. The molecule has 0 spiro atoms. The Hall–Kier alpha value is -0.880. The van der Waals surface area contributed by atoms with E-state index in [0.29, 0.717) is 0 Å². The van der Waals surface area contributed by atoms with Gasteiger partial charge in [0.25, 0.3) is 0 Å². The van der Waals surface area contributed by atoms with E-state index in [9.17, 15) is 0 Å². The number of nitrogens with zero attached hydrogens (tertiary/aromatic N) is 1. The monoisotopic (exact) mass is 327 g/mol. The van der Waals surface area contributed by atoms with Crippen LogP contribution in [0.5, 0.6) is 0 Å². The summed E-state index contributed by atoms with van der Waals surface area (Å²) in [4.78, 5) is 7.55. The highest BCUT2D eigenvalue weighted by Crippen LogP contribution is 2.21. The van der Waals surface area contributed by atoms with Crippen molar-refractivity contribution < 1.29 is 0 Å². The number of halogens is 1. The lowest BCUT2D eigenvalue weighted by Crippen LogP contribution is -2.30. The number of aromatic amines is 1. The Morgan fingerprint density at radius 2 is 1.88 bits per heavy atom. The number of rotatable bonds is 2. The molecule has 2 rings (SSSR count). The predicted octanol–water partition coefficient (Wildman–Crippen LogP) is 2.88. The molecule has 4 heteroatoms. The van der Waals surface area contributed by atoms with Crippen molar-refractivity contribution in [2.75, 3.05) is 0 Å². The quantitative estimate of drug-likeness (QED) is 0.834. The van der Waals surface area contributed by atoms with Gasteiger partial charge in [-0.15, -0.1) is 0 Å². The minimum Gasteiger partial charge on any atom is -0.340 e. The first-order chi connectivity index (χ1) is 7.47. The van der Waals surface area contributed by atoms with Gasteiger partial charge in [-0.2, -0.15) is 0 Å². The van der Waals surface area contributed by atoms with E-state index in [2.05, 4.69) is 56.8 Å². The molecule has 3 N–H and O–H groups in total. The third-order valence-corrected chi connectivity index (χ3v) is 3.06. The van der Waals surface area contributed by atoms with Gasteiger partial charge >= 0.3 is 0 Å². The lowest BCUT2D eigenvalue weighted by Gasteiger charge is -2.14. The lowest BCUT2D eigenvalue weighted by atomic mass is 10.1. The van der Waals surface area contributed by atoms with Crippen LogP contribution in [0.1, 0.15) is 19.7 Å². The van der Waals surface area contributed by atoms with Gasteiger partial charge in [0, 0.05) is 3.57 Å². The van der Waals surface area contributed by atoms with Gasteiger partial charge in [-0.05, 0) is 54.1 Å². The fourth-order valence-corrected chi connectivity index (χ4v) is 1.78. The molecule has 0 aliphatic heterocycles. The van der Waals surface area contributed by atoms with Crippen molar-refractivity contribution in [3.8, 4) is 11.3 Å². The predicted molar refractivity (Wildman–Crippen MR) is 74.0 cm³/mol. The van der Waals surface area contributed by atoms with Crippen molar-refractivity contribution in [2.24, 2.45) is 5.73 Å². The van der Waals surface area contributed by atoms with Gasteiger partial charge in [0.1, 0.15) is 5.82 Å². The van der Waals surface area contributed by atoms with E-state index in [1.807, 2.05) is 20.0 Å². The van der Waals surface area contributed by atoms with Gasteiger partial charge in [-0.1, -0.05) is 12.1 Å². The molecule has 16 heavy (non-hydrogen) atoms. The summed E-state index contributed by atoms with van der Waals surface area (Å²) in [7, 11) is 0. The summed E-state index contributed by atoms with van der Waals surface area (Å²) in [6.07, 6.45) is 1.83. The fraction of sp³-hybridized carbons (Fsp3) is 0.250. The van der Waals surface area contributed by atoms with Gasteiger partial charge in [-0.25, -0.2) is 4.98 Å².